The molecule has 0 saturated heterocycles. The molecule has 0 amide bonds. The Morgan fingerprint density at radius 2 is 2.10 bits per heavy atom. The van der Waals surface area contributed by atoms with E-state index in [2.05, 4.69) is 39.2 Å². The summed E-state index contributed by atoms with van der Waals surface area (Å²) in [4.78, 5) is 4.48. The van der Waals surface area contributed by atoms with E-state index in [1.165, 1.54) is 0 Å². The lowest BCUT2D eigenvalue weighted by molar-refractivity contribution is 0.459. The summed E-state index contributed by atoms with van der Waals surface area (Å²) in [5.74, 6) is 1.16. The van der Waals surface area contributed by atoms with Crippen LogP contribution >= 0.6 is 27.5 Å². The Hall–Kier alpha value is -1.10. The normalized spacial score (nSPS) is 10.6. The molecule has 1 aromatic heterocycles. The summed E-state index contributed by atoms with van der Waals surface area (Å²) in [5, 5.41) is 3.69. The first-order chi connectivity index (χ1) is 9.62. The monoisotopic (exact) mass is 354 g/mol. The van der Waals surface area contributed by atoms with E-state index in [9.17, 15) is 0 Å². The SMILES string of the molecule is CCc1cc(CNC)cc(Oc2cc(Br)ccc2Cl)n1. The molecular weight excluding hydrogens is 340 g/mol. The molecule has 3 nitrogen and oxygen atoms in total. The molecule has 0 fully saturated rings. The largest absolute Gasteiger partial charge is 0.437 e. The molecule has 0 bridgehead atoms. The molecule has 1 heterocycles. The van der Waals surface area contributed by atoms with Crippen LogP contribution in [-0.4, -0.2) is 12.0 Å². The van der Waals surface area contributed by atoms with Crippen LogP contribution in [0.3, 0.4) is 0 Å². The number of aryl methyl sites for hydroxylation is 1. The van der Waals surface area contributed by atoms with Gasteiger partial charge in [-0.05, 0) is 43.3 Å². The molecule has 1 N–H and O–H groups in total. The van der Waals surface area contributed by atoms with Crippen LogP contribution in [0.2, 0.25) is 5.02 Å². The molecule has 2 rings (SSSR count). The van der Waals surface area contributed by atoms with Crippen LogP contribution in [0.25, 0.3) is 0 Å². The molecule has 0 aliphatic carbocycles. The summed E-state index contributed by atoms with van der Waals surface area (Å²) in [5.41, 5.74) is 2.14. The first-order valence-corrected chi connectivity index (χ1v) is 7.56. The van der Waals surface area contributed by atoms with E-state index in [4.69, 9.17) is 16.3 Å². The Bertz CT molecular complexity index is 604. The molecule has 2 aromatic rings. The minimum absolute atomic E-state index is 0.562. The lowest BCUT2D eigenvalue weighted by atomic mass is 10.2. The number of ether oxygens (including phenoxy) is 1. The second-order valence-corrected chi connectivity index (χ2v) is 5.69. The van der Waals surface area contributed by atoms with Gasteiger partial charge in [-0.2, -0.15) is 0 Å². The summed E-state index contributed by atoms with van der Waals surface area (Å²) < 4.78 is 6.73. The van der Waals surface area contributed by atoms with Gasteiger partial charge in [-0.15, -0.1) is 0 Å². The maximum Gasteiger partial charge on any atom is 0.219 e. The van der Waals surface area contributed by atoms with Gasteiger partial charge >= 0.3 is 0 Å². The highest BCUT2D eigenvalue weighted by atomic mass is 79.9. The van der Waals surface area contributed by atoms with Crippen molar-refractivity contribution in [2.75, 3.05) is 7.05 Å². The van der Waals surface area contributed by atoms with Gasteiger partial charge in [-0.1, -0.05) is 34.5 Å². The van der Waals surface area contributed by atoms with E-state index in [1.807, 2.05) is 25.2 Å². The highest BCUT2D eigenvalue weighted by Crippen LogP contribution is 2.31. The summed E-state index contributed by atoms with van der Waals surface area (Å²) >= 11 is 9.54. The molecule has 0 atom stereocenters. The molecule has 106 valence electrons. The predicted molar refractivity (Wildman–Crippen MR) is 85.6 cm³/mol. The van der Waals surface area contributed by atoms with Crippen LogP contribution in [0, 0.1) is 0 Å². The molecule has 0 aliphatic heterocycles. The number of nitrogens with one attached hydrogen (secondary N) is 1. The number of halogens is 2. The van der Waals surface area contributed by atoms with Crippen molar-refractivity contribution in [2.24, 2.45) is 0 Å². The zero-order valence-corrected chi connectivity index (χ0v) is 13.8. The summed E-state index contributed by atoms with van der Waals surface area (Å²) in [6, 6.07) is 9.50. The summed E-state index contributed by atoms with van der Waals surface area (Å²) in [6.07, 6.45) is 0.861. The van der Waals surface area contributed by atoms with E-state index in [0.29, 0.717) is 16.7 Å². The van der Waals surface area contributed by atoms with Crippen LogP contribution in [0.4, 0.5) is 0 Å². The van der Waals surface area contributed by atoms with Gasteiger partial charge in [0, 0.05) is 22.8 Å². The smallest absolute Gasteiger partial charge is 0.219 e. The molecule has 20 heavy (non-hydrogen) atoms. The van der Waals surface area contributed by atoms with Gasteiger partial charge in [-0.3, -0.25) is 0 Å². The zero-order valence-electron chi connectivity index (χ0n) is 11.4. The lowest BCUT2D eigenvalue weighted by Gasteiger charge is -2.10. The van der Waals surface area contributed by atoms with Gasteiger partial charge < -0.3 is 10.1 Å². The number of hydrogen-bond donors (Lipinski definition) is 1. The third-order valence-corrected chi connectivity index (χ3v) is 3.57. The molecular formula is C15H16BrClN2O. The number of hydrogen-bond acceptors (Lipinski definition) is 3. The molecule has 5 heteroatoms. The summed E-state index contributed by atoms with van der Waals surface area (Å²) in [7, 11) is 1.91. The van der Waals surface area contributed by atoms with E-state index < -0.39 is 0 Å². The quantitative estimate of drug-likeness (QED) is 0.853. The predicted octanol–water partition coefficient (Wildman–Crippen LogP) is 4.57. The van der Waals surface area contributed by atoms with E-state index in [0.717, 1.165) is 28.7 Å². The van der Waals surface area contributed by atoms with Crippen molar-refractivity contribution >= 4 is 27.5 Å². The fraction of sp³-hybridized carbons (Fsp3) is 0.267. The Kier molecular flexibility index (Phi) is 5.40. The van der Waals surface area contributed by atoms with Crippen LogP contribution in [-0.2, 0) is 13.0 Å². The second kappa shape index (κ2) is 7.07. The van der Waals surface area contributed by atoms with Gasteiger partial charge in [0.05, 0.1) is 5.02 Å². The Morgan fingerprint density at radius 3 is 2.80 bits per heavy atom. The van der Waals surface area contributed by atoms with E-state index in [1.54, 1.807) is 6.07 Å². The second-order valence-electron chi connectivity index (χ2n) is 4.37. The first kappa shape index (κ1) is 15.3. The number of rotatable bonds is 5. The van der Waals surface area contributed by atoms with Crippen molar-refractivity contribution < 1.29 is 4.74 Å². The molecule has 0 unspecified atom stereocenters. The van der Waals surface area contributed by atoms with Crippen molar-refractivity contribution in [3.63, 3.8) is 0 Å². The first-order valence-electron chi connectivity index (χ1n) is 6.39. The van der Waals surface area contributed by atoms with Gasteiger partial charge in [0.2, 0.25) is 5.88 Å². The van der Waals surface area contributed by atoms with Crippen LogP contribution in [0.5, 0.6) is 11.6 Å². The zero-order chi connectivity index (χ0) is 14.5. The van der Waals surface area contributed by atoms with Gasteiger partial charge in [0.1, 0.15) is 5.75 Å². The number of aromatic nitrogens is 1. The van der Waals surface area contributed by atoms with Crippen LogP contribution in [0.1, 0.15) is 18.2 Å². The third kappa shape index (κ3) is 3.95. The Morgan fingerprint density at radius 1 is 1.30 bits per heavy atom. The topological polar surface area (TPSA) is 34.1 Å². The molecule has 0 saturated carbocycles. The maximum atomic E-state index is 6.13. The highest BCUT2D eigenvalue weighted by molar-refractivity contribution is 9.10. The Balaban J connectivity index is 2.32. The highest BCUT2D eigenvalue weighted by Gasteiger charge is 2.07. The third-order valence-electron chi connectivity index (χ3n) is 2.77. The number of pyridine rings is 1. The maximum absolute atomic E-state index is 6.13. The Labute approximate surface area is 132 Å². The molecule has 0 spiro atoms. The minimum Gasteiger partial charge on any atom is -0.437 e. The fourth-order valence-corrected chi connectivity index (χ4v) is 2.32. The van der Waals surface area contributed by atoms with Crippen LogP contribution in [0.15, 0.2) is 34.8 Å². The van der Waals surface area contributed by atoms with Gasteiger partial charge in [0.25, 0.3) is 0 Å². The van der Waals surface area contributed by atoms with Crippen molar-refractivity contribution in [1.29, 1.82) is 0 Å². The lowest BCUT2D eigenvalue weighted by Crippen LogP contribution is -2.06. The van der Waals surface area contributed by atoms with E-state index >= 15 is 0 Å². The van der Waals surface area contributed by atoms with Crippen molar-refractivity contribution in [3.05, 3.63) is 51.1 Å². The van der Waals surface area contributed by atoms with Gasteiger partial charge in [0.15, 0.2) is 0 Å². The average molecular weight is 356 g/mol. The minimum atomic E-state index is 0.562. The van der Waals surface area contributed by atoms with Gasteiger partial charge in [-0.25, -0.2) is 4.98 Å². The number of nitrogens with zero attached hydrogens (tertiary/aromatic N) is 1. The van der Waals surface area contributed by atoms with Crippen molar-refractivity contribution in [2.45, 2.75) is 19.9 Å². The molecule has 1 aromatic carbocycles. The molecule has 0 aliphatic rings. The van der Waals surface area contributed by atoms with Crippen molar-refractivity contribution in [3.8, 4) is 11.6 Å². The number of benzene rings is 1. The average Bonchev–Trinajstić information content (AvgIpc) is 2.43. The summed E-state index contributed by atoms with van der Waals surface area (Å²) in [6.45, 7) is 2.85. The van der Waals surface area contributed by atoms with E-state index in [-0.39, 0.29) is 0 Å². The molecule has 0 radical (unpaired) electrons. The van der Waals surface area contributed by atoms with Crippen LogP contribution < -0.4 is 10.1 Å². The standard InChI is InChI=1S/C15H16BrClN2O/c1-3-12-6-10(9-18-2)7-15(19-12)20-14-8-11(16)4-5-13(14)17/h4-8,18H,3,9H2,1-2H3. The fourth-order valence-electron chi connectivity index (χ4n) is 1.83. The van der Waals surface area contributed by atoms with Crippen molar-refractivity contribution in [1.82, 2.24) is 10.3 Å².